The number of piperidine rings is 1. The van der Waals surface area contributed by atoms with Crippen LogP contribution in [0.15, 0.2) is 29.2 Å². The number of anilines is 1. The van der Waals surface area contributed by atoms with Crippen LogP contribution in [0.3, 0.4) is 0 Å². The average molecular weight is 280 g/mol. The van der Waals surface area contributed by atoms with Crippen LogP contribution in [0.4, 0.5) is 5.69 Å². The Morgan fingerprint density at radius 2 is 2.05 bits per heavy atom. The number of fused-ring (bicyclic) bond motifs is 2. The van der Waals surface area contributed by atoms with E-state index in [-0.39, 0.29) is 0 Å². The Kier molecular flexibility index (Phi) is 3.27. The molecule has 0 radical (unpaired) electrons. The molecule has 0 spiro atoms. The van der Waals surface area contributed by atoms with Gasteiger partial charge >= 0.3 is 0 Å². The second kappa shape index (κ2) is 4.80. The van der Waals surface area contributed by atoms with E-state index in [1.807, 2.05) is 12.1 Å². The molecule has 2 saturated heterocycles. The SMILES string of the molecule is CS(=O)(=O)c1cccc(NC2CCN3CCC2C3)c1. The summed E-state index contributed by atoms with van der Waals surface area (Å²) in [5, 5.41) is 3.53. The van der Waals surface area contributed by atoms with E-state index in [4.69, 9.17) is 0 Å². The summed E-state index contributed by atoms with van der Waals surface area (Å²) >= 11 is 0. The summed E-state index contributed by atoms with van der Waals surface area (Å²) in [4.78, 5) is 2.90. The van der Waals surface area contributed by atoms with Gasteiger partial charge in [-0.2, -0.15) is 0 Å². The largest absolute Gasteiger partial charge is 0.382 e. The molecule has 2 fully saturated rings. The quantitative estimate of drug-likeness (QED) is 0.913. The number of rotatable bonds is 3. The number of nitrogens with one attached hydrogen (secondary N) is 1. The van der Waals surface area contributed by atoms with Crippen LogP contribution in [-0.4, -0.2) is 45.2 Å². The summed E-state index contributed by atoms with van der Waals surface area (Å²) in [6, 6.07) is 7.64. The van der Waals surface area contributed by atoms with Crippen molar-refractivity contribution in [3.8, 4) is 0 Å². The highest BCUT2D eigenvalue weighted by Gasteiger charge is 2.34. The zero-order chi connectivity index (χ0) is 13.5. The lowest BCUT2D eigenvalue weighted by Crippen LogP contribution is -2.39. The summed E-state index contributed by atoms with van der Waals surface area (Å²) in [7, 11) is -3.13. The smallest absolute Gasteiger partial charge is 0.175 e. The van der Waals surface area contributed by atoms with Gasteiger partial charge in [0.15, 0.2) is 9.84 Å². The van der Waals surface area contributed by atoms with E-state index in [1.165, 1.54) is 25.8 Å². The number of hydrogen-bond donors (Lipinski definition) is 1. The molecule has 1 aromatic carbocycles. The third kappa shape index (κ3) is 2.77. The molecule has 3 atom stereocenters. The number of nitrogens with zero attached hydrogens (tertiary/aromatic N) is 1. The first-order valence-electron chi connectivity index (χ1n) is 6.81. The highest BCUT2D eigenvalue weighted by atomic mass is 32.2. The van der Waals surface area contributed by atoms with Crippen molar-refractivity contribution < 1.29 is 8.42 Å². The maximum atomic E-state index is 11.6. The predicted octanol–water partition coefficient (Wildman–Crippen LogP) is 1.60. The van der Waals surface area contributed by atoms with Crippen LogP contribution in [-0.2, 0) is 9.84 Å². The van der Waals surface area contributed by atoms with E-state index in [2.05, 4.69) is 10.2 Å². The van der Waals surface area contributed by atoms with Gasteiger partial charge in [-0.15, -0.1) is 0 Å². The molecule has 2 bridgehead atoms. The number of sulfone groups is 1. The normalized spacial score (nSPS) is 30.3. The minimum Gasteiger partial charge on any atom is -0.382 e. The van der Waals surface area contributed by atoms with Crippen LogP contribution in [0.1, 0.15) is 12.8 Å². The van der Waals surface area contributed by atoms with Gasteiger partial charge in [0.1, 0.15) is 0 Å². The molecule has 0 aliphatic carbocycles. The Morgan fingerprint density at radius 1 is 1.26 bits per heavy atom. The second-order valence-electron chi connectivity index (χ2n) is 5.69. The van der Waals surface area contributed by atoms with Gasteiger partial charge < -0.3 is 10.2 Å². The van der Waals surface area contributed by atoms with Gasteiger partial charge in [-0.25, -0.2) is 8.42 Å². The molecule has 2 aliphatic rings. The summed E-state index contributed by atoms with van der Waals surface area (Å²) in [5.74, 6) is 0.704. The molecule has 2 heterocycles. The van der Waals surface area contributed by atoms with Crippen molar-refractivity contribution in [1.82, 2.24) is 4.90 Å². The summed E-state index contributed by atoms with van der Waals surface area (Å²) in [6.07, 6.45) is 3.65. The van der Waals surface area contributed by atoms with Gasteiger partial charge in [0, 0.05) is 31.1 Å². The maximum absolute atomic E-state index is 11.6. The maximum Gasteiger partial charge on any atom is 0.175 e. The fourth-order valence-electron chi connectivity index (χ4n) is 3.17. The molecular formula is C14H20N2O2S. The predicted molar refractivity (Wildman–Crippen MR) is 76.1 cm³/mol. The van der Waals surface area contributed by atoms with E-state index in [1.54, 1.807) is 12.1 Å². The van der Waals surface area contributed by atoms with Gasteiger partial charge in [0.2, 0.25) is 0 Å². The van der Waals surface area contributed by atoms with Crippen molar-refractivity contribution in [1.29, 1.82) is 0 Å². The highest BCUT2D eigenvalue weighted by Crippen LogP contribution is 2.29. The Hall–Kier alpha value is -1.07. The van der Waals surface area contributed by atoms with E-state index in [0.29, 0.717) is 16.9 Å². The molecule has 0 aromatic heterocycles. The van der Waals surface area contributed by atoms with Crippen molar-refractivity contribution >= 4 is 15.5 Å². The molecule has 104 valence electrons. The van der Waals surface area contributed by atoms with Crippen LogP contribution in [0.2, 0.25) is 0 Å². The molecule has 0 saturated carbocycles. The molecule has 2 aliphatic heterocycles. The molecule has 1 aromatic rings. The van der Waals surface area contributed by atoms with Gasteiger partial charge in [-0.1, -0.05) is 6.07 Å². The first-order chi connectivity index (χ1) is 9.02. The Labute approximate surface area is 114 Å². The second-order valence-corrected chi connectivity index (χ2v) is 7.70. The van der Waals surface area contributed by atoms with Crippen LogP contribution >= 0.6 is 0 Å². The van der Waals surface area contributed by atoms with Gasteiger partial charge in [-0.3, -0.25) is 0 Å². The monoisotopic (exact) mass is 280 g/mol. The third-order valence-electron chi connectivity index (χ3n) is 4.25. The fourth-order valence-corrected chi connectivity index (χ4v) is 3.84. The molecular weight excluding hydrogens is 260 g/mol. The Bertz CT molecular complexity index is 571. The minimum absolute atomic E-state index is 0.390. The molecule has 0 amide bonds. The summed E-state index contributed by atoms with van der Waals surface area (Å²) in [5.41, 5.74) is 0.924. The molecule has 4 nitrogen and oxygen atoms in total. The fraction of sp³-hybridized carbons (Fsp3) is 0.571. The van der Waals surface area contributed by atoms with Crippen LogP contribution in [0.25, 0.3) is 0 Å². The molecule has 19 heavy (non-hydrogen) atoms. The van der Waals surface area contributed by atoms with Crippen molar-refractivity contribution in [2.45, 2.75) is 23.8 Å². The van der Waals surface area contributed by atoms with Crippen LogP contribution in [0, 0.1) is 5.92 Å². The first kappa shape index (κ1) is 12.9. The molecule has 3 unspecified atom stereocenters. The van der Waals surface area contributed by atoms with E-state index >= 15 is 0 Å². The average Bonchev–Trinajstić information content (AvgIpc) is 2.75. The zero-order valence-electron chi connectivity index (χ0n) is 11.2. The van der Waals surface area contributed by atoms with Gasteiger partial charge in [-0.05, 0) is 43.5 Å². The standard InChI is InChI=1S/C14H20N2O2S/c1-19(17,18)13-4-2-3-12(9-13)15-14-6-8-16-7-5-11(14)10-16/h2-4,9,11,14-15H,5-8,10H2,1H3. The molecule has 5 heteroatoms. The Balaban J connectivity index is 1.76. The lowest BCUT2D eigenvalue weighted by molar-refractivity contribution is 0.255. The van der Waals surface area contributed by atoms with Crippen LogP contribution < -0.4 is 5.32 Å². The van der Waals surface area contributed by atoms with E-state index < -0.39 is 9.84 Å². The highest BCUT2D eigenvalue weighted by molar-refractivity contribution is 7.90. The van der Waals surface area contributed by atoms with Crippen molar-refractivity contribution in [3.63, 3.8) is 0 Å². The lowest BCUT2D eigenvalue weighted by atomic mass is 9.94. The summed E-state index contributed by atoms with van der Waals surface area (Å²) < 4.78 is 23.1. The molecule has 1 N–H and O–H groups in total. The van der Waals surface area contributed by atoms with E-state index in [0.717, 1.165) is 18.7 Å². The zero-order valence-corrected chi connectivity index (χ0v) is 12.0. The van der Waals surface area contributed by atoms with Gasteiger partial charge in [0.25, 0.3) is 0 Å². The topological polar surface area (TPSA) is 49.4 Å². The third-order valence-corrected chi connectivity index (χ3v) is 5.36. The first-order valence-corrected chi connectivity index (χ1v) is 8.70. The summed E-state index contributed by atoms with van der Waals surface area (Å²) in [6.45, 7) is 3.55. The lowest BCUT2D eigenvalue weighted by Gasteiger charge is -2.31. The van der Waals surface area contributed by atoms with Crippen molar-refractivity contribution in [3.05, 3.63) is 24.3 Å². The van der Waals surface area contributed by atoms with Crippen molar-refractivity contribution in [2.75, 3.05) is 31.2 Å². The number of hydrogen-bond acceptors (Lipinski definition) is 4. The van der Waals surface area contributed by atoms with Crippen molar-refractivity contribution in [2.24, 2.45) is 5.92 Å². The van der Waals surface area contributed by atoms with Gasteiger partial charge in [0.05, 0.1) is 4.90 Å². The minimum atomic E-state index is -3.13. The van der Waals surface area contributed by atoms with Crippen LogP contribution in [0.5, 0.6) is 0 Å². The number of benzene rings is 1. The Morgan fingerprint density at radius 3 is 2.84 bits per heavy atom. The van der Waals surface area contributed by atoms with E-state index in [9.17, 15) is 8.42 Å². The molecule has 3 rings (SSSR count).